The second-order valence-corrected chi connectivity index (χ2v) is 9.59. The summed E-state index contributed by atoms with van der Waals surface area (Å²) in [5.41, 5.74) is 2.05. The SMILES string of the molecule is COCCN(C)Cc1ccc(OCC2CCC3CN(c4noc5ccccc45)CCN3C2)nc1. The van der Waals surface area contributed by atoms with Crippen LogP contribution in [0, 0.1) is 5.92 Å². The summed E-state index contributed by atoms with van der Waals surface area (Å²) in [6.07, 6.45) is 4.28. The molecule has 2 unspecified atom stereocenters. The van der Waals surface area contributed by atoms with E-state index in [0.717, 1.165) is 69.3 Å². The van der Waals surface area contributed by atoms with E-state index in [1.165, 1.54) is 18.4 Å². The van der Waals surface area contributed by atoms with Crippen molar-refractivity contribution in [2.75, 3.05) is 65.0 Å². The molecular weight excluding hydrogens is 430 g/mol. The number of para-hydroxylation sites is 1. The van der Waals surface area contributed by atoms with Gasteiger partial charge in [0.1, 0.15) is 0 Å². The normalized spacial score (nSPS) is 21.2. The number of fused-ring (bicyclic) bond motifs is 2. The quantitative estimate of drug-likeness (QED) is 0.477. The van der Waals surface area contributed by atoms with Crippen LogP contribution in [-0.4, -0.2) is 86.1 Å². The average molecular weight is 466 g/mol. The van der Waals surface area contributed by atoms with Gasteiger partial charge in [-0.3, -0.25) is 9.80 Å². The standard InChI is InChI=1S/C26H35N5O3/c1-29(13-14-32-2)16-20-8-10-25(27-15-20)33-19-21-7-9-22-18-31(12-11-30(22)17-21)26-23-5-3-4-6-24(23)34-28-26/h3-6,8,10,15,21-22H,7,9,11-14,16-19H2,1-2H3. The Morgan fingerprint density at radius 3 is 2.88 bits per heavy atom. The highest BCUT2D eigenvalue weighted by Crippen LogP contribution is 2.31. The average Bonchev–Trinajstić information content (AvgIpc) is 3.31. The molecule has 2 saturated heterocycles. The van der Waals surface area contributed by atoms with Crippen LogP contribution in [0.5, 0.6) is 5.88 Å². The number of pyridine rings is 1. The van der Waals surface area contributed by atoms with Gasteiger partial charge >= 0.3 is 0 Å². The van der Waals surface area contributed by atoms with E-state index >= 15 is 0 Å². The van der Waals surface area contributed by atoms with E-state index in [4.69, 9.17) is 14.0 Å². The third kappa shape index (κ3) is 5.35. The number of aromatic nitrogens is 2. The van der Waals surface area contributed by atoms with E-state index in [1.807, 2.05) is 30.5 Å². The lowest BCUT2D eigenvalue weighted by Crippen LogP contribution is -2.57. The van der Waals surface area contributed by atoms with Crippen LogP contribution in [0.4, 0.5) is 5.82 Å². The molecule has 1 aromatic carbocycles. The van der Waals surface area contributed by atoms with Gasteiger partial charge in [0.25, 0.3) is 0 Å². The predicted molar refractivity (Wildman–Crippen MR) is 132 cm³/mol. The molecule has 2 aliphatic heterocycles. The van der Waals surface area contributed by atoms with Crippen molar-refractivity contribution < 1.29 is 14.0 Å². The molecule has 182 valence electrons. The summed E-state index contributed by atoms with van der Waals surface area (Å²) in [4.78, 5) is 11.8. The first kappa shape index (κ1) is 23.1. The van der Waals surface area contributed by atoms with Crippen LogP contribution in [0.2, 0.25) is 0 Å². The van der Waals surface area contributed by atoms with Gasteiger partial charge in [0.15, 0.2) is 11.4 Å². The minimum absolute atomic E-state index is 0.539. The number of nitrogens with zero attached hydrogens (tertiary/aromatic N) is 5. The lowest BCUT2D eigenvalue weighted by Gasteiger charge is -2.46. The Morgan fingerprint density at radius 2 is 2.03 bits per heavy atom. The molecule has 2 fully saturated rings. The fourth-order valence-corrected chi connectivity index (χ4v) is 5.12. The van der Waals surface area contributed by atoms with E-state index in [0.29, 0.717) is 17.8 Å². The zero-order chi connectivity index (χ0) is 23.3. The Morgan fingerprint density at radius 1 is 1.12 bits per heavy atom. The lowest BCUT2D eigenvalue weighted by atomic mass is 9.91. The zero-order valence-electron chi connectivity index (χ0n) is 20.2. The van der Waals surface area contributed by atoms with Crippen molar-refractivity contribution >= 4 is 16.8 Å². The van der Waals surface area contributed by atoms with Gasteiger partial charge in [-0.1, -0.05) is 23.4 Å². The van der Waals surface area contributed by atoms with Crippen LogP contribution in [0.15, 0.2) is 47.1 Å². The molecule has 3 aromatic rings. The van der Waals surface area contributed by atoms with E-state index < -0.39 is 0 Å². The Kier molecular flexibility index (Phi) is 7.27. The summed E-state index contributed by atoms with van der Waals surface area (Å²) in [7, 11) is 3.82. The second-order valence-electron chi connectivity index (χ2n) is 9.59. The second kappa shape index (κ2) is 10.7. The molecule has 34 heavy (non-hydrogen) atoms. The van der Waals surface area contributed by atoms with E-state index in [1.54, 1.807) is 7.11 Å². The van der Waals surface area contributed by atoms with Gasteiger partial charge in [-0.15, -0.1) is 0 Å². The molecule has 0 spiro atoms. The van der Waals surface area contributed by atoms with Gasteiger partial charge in [-0.05, 0) is 37.6 Å². The molecule has 2 aliphatic rings. The first-order valence-electron chi connectivity index (χ1n) is 12.3. The van der Waals surface area contributed by atoms with Crippen LogP contribution in [-0.2, 0) is 11.3 Å². The molecule has 4 heterocycles. The Labute approximate surface area is 201 Å². The maximum atomic E-state index is 6.07. The molecule has 8 nitrogen and oxygen atoms in total. The van der Waals surface area contributed by atoms with Crippen LogP contribution < -0.4 is 9.64 Å². The molecule has 8 heteroatoms. The molecule has 0 radical (unpaired) electrons. The third-order valence-corrected chi connectivity index (χ3v) is 7.06. The monoisotopic (exact) mass is 465 g/mol. The van der Waals surface area contributed by atoms with E-state index in [-0.39, 0.29) is 0 Å². The third-order valence-electron chi connectivity index (χ3n) is 7.06. The zero-order valence-corrected chi connectivity index (χ0v) is 20.2. The van der Waals surface area contributed by atoms with Crippen LogP contribution in [0.3, 0.4) is 0 Å². The van der Waals surface area contributed by atoms with Crippen molar-refractivity contribution in [3.8, 4) is 5.88 Å². The maximum Gasteiger partial charge on any atom is 0.213 e. The van der Waals surface area contributed by atoms with Crippen LogP contribution in [0.1, 0.15) is 18.4 Å². The van der Waals surface area contributed by atoms with Crippen molar-refractivity contribution in [2.24, 2.45) is 5.92 Å². The minimum atomic E-state index is 0.539. The Balaban J connectivity index is 1.09. The summed E-state index contributed by atoms with van der Waals surface area (Å²) in [6.45, 7) is 7.33. The summed E-state index contributed by atoms with van der Waals surface area (Å²) >= 11 is 0. The van der Waals surface area contributed by atoms with Crippen molar-refractivity contribution in [1.82, 2.24) is 19.9 Å². The summed E-state index contributed by atoms with van der Waals surface area (Å²) in [5.74, 6) is 2.24. The van der Waals surface area contributed by atoms with Crippen LogP contribution in [0.25, 0.3) is 11.0 Å². The van der Waals surface area contributed by atoms with Crippen LogP contribution >= 0.6 is 0 Å². The van der Waals surface area contributed by atoms with Crippen molar-refractivity contribution in [3.05, 3.63) is 48.2 Å². The van der Waals surface area contributed by atoms with Gasteiger partial charge in [-0.2, -0.15) is 0 Å². The molecule has 0 bridgehead atoms. The van der Waals surface area contributed by atoms with Gasteiger partial charge < -0.3 is 18.9 Å². The number of piperidine rings is 1. The van der Waals surface area contributed by atoms with E-state index in [2.05, 4.69) is 44.0 Å². The summed E-state index contributed by atoms with van der Waals surface area (Å²) < 4.78 is 16.7. The number of ether oxygens (including phenoxy) is 2. The smallest absolute Gasteiger partial charge is 0.213 e. The van der Waals surface area contributed by atoms with Gasteiger partial charge in [0.05, 0.1) is 18.6 Å². The van der Waals surface area contributed by atoms with Gasteiger partial charge in [0.2, 0.25) is 5.88 Å². The molecule has 5 rings (SSSR count). The van der Waals surface area contributed by atoms with Gasteiger partial charge in [-0.25, -0.2) is 4.98 Å². The molecule has 0 saturated carbocycles. The van der Waals surface area contributed by atoms with Crippen molar-refractivity contribution in [3.63, 3.8) is 0 Å². The van der Waals surface area contributed by atoms with Gasteiger partial charge in [0, 0.05) is 70.6 Å². The highest BCUT2D eigenvalue weighted by atomic mass is 16.5. The maximum absolute atomic E-state index is 6.07. The highest BCUT2D eigenvalue weighted by molar-refractivity contribution is 5.88. The van der Waals surface area contributed by atoms with E-state index in [9.17, 15) is 0 Å². The molecule has 2 aromatic heterocycles. The number of likely N-dealkylation sites (N-methyl/N-ethyl adjacent to an activating group) is 1. The van der Waals surface area contributed by atoms with Crippen molar-refractivity contribution in [1.29, 1.82) is 0 Å². The molecule has 0 aliphatic carbocycles. The number of hydrogen-bond donors (Lipinski definition) is 0. The Bertz CT molecular complexity index is 1060. The number of piperazine rings is 1. The fourth-order valence-electron chi connectivity index (χ4n) is 5.12. The first-order valence-corrected chi connectivity index (χ1v) is 12.3. The molecule has 0 N–H and O–H groups in total. The lowest BCUT2D eigenvalue weighted by molar-refractivity contribution is 0.0716. The summed E-state index contributed by atoms with van der Waals surface area (Å²) in [5, 5.41) is 5.48. The minimum Gasteiger partial charge on any atom is -0.477 e. The first-order chi connectivity index (χ1) is 16.7. The molecule has 2 atom stereocenters. The largest absolute Gasteiger partial charge is 0.477 e. The number of hydrogen-bond acceptors (Lipinski definition) is 8. The summed E-state index contributed by atoms with van der Waals surface area (Å²) in [6, 6.07) is 12.8. The highest BCUT2D eigenvalue weighted by Gasteiger charge is 2.34. The number of rotatable bonds is 9. The number of anilines is 1. The fraction of sp³-hybridized carbons (Fsp3) is 0.538. The number of methoxy groups -OCH3 is 1. The predicted octanol–water partition coefficient (Wildman–Crippen LogP) is 3.28. The molecular formula is C26H35N5O3. The molecule has 0 amide bonds. The topological polar surface area (TPSA) is 67.1 Å². The Hall–Kier alpha value is -2.68. The van der Waals surface area contributed by atoms with Crippen molar-refractivity contribution in [2.45, 2.75) is 25.4 Å². The number of benzene rings is 1.